The van der Waals surface area contributed by atoms with Gasteiger partial charge >= 0.3 is 0 Å². The quantitative estimate of drug-likeness (QED) is 0.941. The predicted octanol–water partition coefficient (Wildman–Crippen LogP) is 3.33. The van der Waals surface area contributed by atoms with Crippen molar-refractivity contribution < 1.29 is 4.79 Å². The van der Waals surface area contributed by atoms with Crippen LogP contribution in [0.5, 0.6) is 0 Å². The lowest BCUT2D eigenvalue weighted by Gasteiger charge is -2.15. The number of hydrogen-bond donors (Lipinski definition) is 1. The molecule has 1 saturated heterocycles. The maximum absolute atomic E-state index is 12.3. The number of carbonyl (C=O) groups excluding carboxylic acids is 1. The highest BCUT2D eigenvalue weighted by atomic mass is 16.2. The van der Waals surface area contributed by atoms with Gasteiger partial charge in [0.05, 0.1) is 5.56 Å². The minimum Gasteiger partial charge on any atom is -0.339 e. The minimum atomic E-state index is 0.0270. The van der Waals surface area contributed by atoms with E-state index in [9.17, 15) is 4.79 Å². The van der Waals surface area contributed by atoms with Crippen molar-refractivity contribution in [3.05, 3.63) is 47.3 Å². The van der Waals surface area contributed by atoms with Crippen molar-refractivity contribution >= 4 is 17.5 Å². The van der Waals surface area contributed by atoms with E-state index >= 15 is 0 Å². The van der Waals surface area contributed by atoms with Crippen molar-refractivity contribution in [1.82, 2.24) is 14.9 Å². The molecule has 1 amide bonds. The van der Waals surface area contributed by atoms with Crippen molar-refractivity contribution in [1.29, 1.82) is 0 Å². The van der Waals surface area contributed by atoms with Crippen molar-refractivity contribution in [2.75, 3.05) is 18.4 Å². The van der Waals surface area contributed by atoms with E-state index in [1.807, 2.05) is 4.90 Å². The van der Waals surface area contributed by atoms with Crippen LogP contribution >= 0.6 is 0 Å². The Morgan fingerprint density at radius 2 is 1.91 bits per heavy atom. The molecule has 1 fully saturated rings. The van der Waals surface area contributed by atoms with E-state index in [2.05, 4.69) is 47.3 Å². The first-order valence-electron chi connectivity index (χ1n) is 8.16. The maximum atomic E-state index is 12.3. The van der Waals surface area contributed by atoms with Gasteiger partial charge in [-0.1, -0.05) is 25.1 Å². The largest absolute Gasteiger partial charge is 0.339 e. The summed E-state index contributed by atoms with van der Waals surface area (Å²) < 4.78 is 0. The lowest BCUT2D eigenvalue weighted by Crippen LogP contribution is -2.27. The molecule has 5 nitrogen and oxygen atoms in total. The summed E-state index contributed by atoms with van der Waals surface area (Å²) in [6.07, 6.45) is 6.33. The number of amides is 1. The Morgan fingerprint density at radius 3 is 2.57 bits per heavy atom. The van der Waals surface area contributed by atoms with Crippen LogP contribution in [-0.4, -0.2) is 33.9 Å². The smallest absolute Gasteiger partial charge is 0.256 e. The number of benzene rings is 1. The number of anilines is 2. The summed E-state index contributed by atoms with van der Waals surface area (Å²) in [5.41, 5.74) is 3.99. The molecule has 1 aromatic carbocycles. The molecule has 0 radical (unpaired) electrons. The molecule has 120 valence electrons. The molecule has 23 heavy (non-hydrogen) atoms. The summed E-state index contributed by atoms with van der Waals surface area (Å²) in [4.78, 5) is 22.8. The number of aromatic nitrogens is 2. The SMILES string of the molecule is CCc1cccc(C)c1Nc1ncc(C(=O)N2CCCC2)cn1. The molecule has 1 aliphatic heterocycles. The molecule has 3 rings (SSSR count). The molecule has 0 spiro atoms. The number of hydrogen-bond acceptors (Lipinski definition) is 4. The highest BCUT2D eigenvalue weighted by molar-refractivity contribution is 5.93. The molecule has 0 aliphatic carbocycles. The molecule has 2 heterocycles. The Balaban J connectivity index is 1.76. The second-order valence-electron chi connectivity index (χ2n) is 5.88. The zero-order chi connectivity index (χ0) is 16.2. The van der Waals surface area contributed by atoms with E-state index in [4.69, 9.17) is 0 Å². The van der Waals surface area contributed by atoms with Crippen LogP contribution in [0.15, 0.2) is 30.6 Å². The summed E-state index contributed by atoms with van der Waals surface area (Å²) in [5, 5.41) is 3.28. The van der Waals surface area contributed by atoms with E-state index < -0.39 is 0 Å². The molecule has 1 N–H and O–H groups in total. The molecule has 2 aromatic rings. The Hall–Kier alpha value is -2.43. The molecule has 5 heteroatoms. The monoisotopic (exact) mass is 310 g/mol. The third-order valence-corrected chi connectivity index (χ3v) is 4.27. The van der Waals surface area contributed by atoms with E-state index in [1.165, 1.54) is 5.56 Å². The number of carbonyl (C=O) groups is 1. The fraction of sp³-hybridized carbons (Fsp3) is 0.389. The van der Waals surface area contributed by atoms with Gasteiger partial charge < -0.3 is 10.2 Å². The van der Waals surface area contributed by atoms with Gasteiger partial charge in [-0.05, 0) is 37.3 Å². The Kier molecular flexibility index (Phi) is 4.55. The lowest BCUT2D eigenvalue weighted by atomic mass is 10.1. The molecule has 0 unspecified atom stereocenters. The van der Waals surface area contributed by atoms with E-state index in [1.54, 1.807) is 12.4 Å². The van der Waals surface area contributed by atoms with Gasteiger partial charge in [-0.2, -0.15) is 0 Å². The summed E-state index contributed by atoms with van der Waals surface area (Å²) >= 11 is 0. The Bertz CT molecular complexity index is 691. The Morgan fingerprint density at radius 1 is 1.22 bits per heavy atom. The third-order valence-electron chi connectivity index (χ3n) is 4.27. The van der Waals surface area contributed by atoms with Crippen molar-refractivity contribution in [3.63, 3.8) is 0 Å². The molecule has 1 aromatic heterocycles. The van der Waals surface area contributed by atoms with Gasteiger partial charge in [0.25, 0.3) is 5.91 Å². The third kappa shape index (κ3) is 3.33. The zero-order valence-corrected chi connectivity index (χ0v) is 13.7. The van der Waals surface area contributed by atoms with Gasteiger partial charge in [-0.25, -0.2) is 9.97 Å². The van der Waals surface area contributed by atoms with Gasteiger partial charge in [-0.15, -0.1) is 0 Å². The summed E-state index contributed by atoms with van der Waals surface area (Å²) in [6.45, 7) is 5.86. The number of nitrogens with zero attached hydrogens (tertiary/aromatic N) is 3. The van der Waals surface area contributed by atoms with Crippen LogP contribution < -0.4 is 5.32 Å². The molecule has 0 atom stereocenters. The molecular formula is C18H22N4O. The number of likely N-dealkylation sites (tertiary alicyclic amines) is 1. The van der Waals surface area contributed by atoms with Gasteiger partial charge in [0.15, 0.2) is 0 Å². The average molecular weight is 310 g/mol. The summed E-state index contributed by atoms with van der Waals surface area (Å²) in [6, 6.07) is 6.21. The second kappa shape index (κ2) is 6.77. The molecular weight excluding hydrogens is 288 g/mol. The van der Waals surface area contributed by atoms with Crippen LogP contribution in [0.3, 0.4) is 0 Å². The van der Waals surface area contributed by atoms with Crippen molar-refractivity contribution in [2.45, 2.75) is 33.1 Å². The van der Waals surface area contributed by atoms with Gasteiger partial charge in [0.2, 0.25) is 5.95 Å². The molecule has 0 bridgehead atoms. The van der Waals surface area contributed by atoms with Crippen LogP contribution in [0.1, 0.15) is 41.3 Å². The molecule has 1 aliphatic rings. The maximum Gasteiger partial charge on any atom is 0.256 e. The molecule has 0 saturated carbocycles. The predicted molar refractivity (Wildman–Crippen MR) is 91.0 cm³/mol. The first-order chi connectivity index (χ1) is 11.2. The summed E-state index contributed by atoms with van der Waals surface area (Å²) in [7, 11) is 0. The first kappa shape index (κ1) is 15.5. The minimum absolute atomic E-state index is 0.0270. The van der Waals surface area contributed by atoms with E-state index in [-0.39, 0.29) is 5.91 Å². The topological polar surface area (TPSA) is 58.1 Å². The highest BCUT2D eigenvalue weighted by Crippen LogP contribution is 2.23. The van der Waals surface area contributed by atoms with Gasteiger partial charge in [0.1, 0.15) is 0 Å². The number of nitrogens with one attached hydrogen (secondary N) is 1. The standard InChI is InChI=1S/C18H22N4O/c1-3-14-8-6-7-13(2)16(14)21-18-19-11-15(12-20-18)17(23)22-9-4-5-10-22/h6-8,11-12H,3-5,9-10H2,1-2H3,(H,19,20,21). The van der Waals surface area contributed by atoms with E-state index in [0.29, 0.717) is 11.5 Å². The zero-order valence-electron chi connectivity index (χ0n) is 13.7. The van der Waals surface area contributed by atoms with E-state index in [0.717, 1.165) is 43.6 Å². The Labute approximate surface area is 136 Å². The van der Waals surface area contributed by atoms with Crippen LogP contribution in [0.4, 0.5) is 11.6 Å². The van der Waals surface area contributed by atoms with Gasteiger partial charge in [0, 0.05) is 31.2 Å². The van der Waals surface area contributed by atoms with Gasteiger partial charge in [-0.3, -0.25) is 4.79 Å². The van der Waals surface area contributed by atoms with Crippen LogP contribution in [0.2, 0.25) is 0 Å². The number of aryl methyl sites for hydroxylation is 2. The highest BCUT2D eigenvalue weighted by Gasteiger charge is 2.20. The normalized spacial score (nSPS) is 14.1. The summed E-state index contributed by atoms with van der Waals surface area (Å²) in [5.74, 6) is 0.547. The average Bonchev–Trinajstić information content (AvgIpc) is 3.11. The number of para-hydroxylation sites is 1. The fourth-order valence-electron chi connectivity index (χ4n) is 2.92. The number of rotatable bonds is 4. The van der Waals surface area contributed by atoms with Crippen molar-refractivity contribution in [2.24, 2.45) is 0 Å². The van der Waals surface area contributed by atoms with Crippen LogP contribution in [0.25, 0.3) is 0 Å². The van der Waals surface area contributed by atoms with Crippen molar-refractivity contribution in [3.8, 4) is 0 Å². The van der Waals surface area contributed by atoms with Crippen LogP contribution in [0, 0.1) is 6.92 Å². The first-order valence-corrected chi connectivity index (χ1v) is 8.16. The van der Waals surface area contributed by atoms with Crippen LogP contribution in [-0.2, 0) is 6.42 Å². The lowest BCUT2D eigenvalue weighted by molar-refractivity contribution is 0.0792. The second-order valence-corrected chi connectivity index (χ2v) is 5.88. The fourth-order valence-corrected chi connectivity index (χ4v) is 2.92.